The summed E-state index contributed by atoms with van der Waals surface area (Å²) in [5.74, 6) is 1.96. The molecule has 0 saturated heterocycles. The summed E-state index contributed by atoms with van der Waals surface area (Å²) in [6, 6.07) is 13.1. The Morgan fingerprint density at radius 3 is 2.58 bits per heavy atom. The van der Waals surface area contributed by atoms with Gasteiger partial charge in [-0.15, -0.1) is 0 Å². The van der Waals surface area contributed by atoms with Crippen LogP contribution in [-0.4, -0.2) is 41.7 Å². The number of urea groups is 1. The fourth-order valence-corrected chi connectivity index (χ4v) is 3.35. The van der Waals surface area contributed by atoms with Crippen molar-refractivity contribution in [3.8, 4) is 17.4 Å². The lowest BCUT2D eigenvalue weighted by Crippen LogP contribution is -2.38. The lowest BCUT2D eigenvalue weighted by molar-refractivity contribution is 0.206. The van der Waals surface area contributed by atoms with Crippen molar-refractivity contribution in [2.45, 2.75) is 19.6 Å². The molecule has 160 valence electrons. The fraction of sp³-hybridized carbons (Fsp3) is 0.261. The molecule has 3 heterocycles. The molecule has 0 fully saturated rings. The van der Waals surface area contributed by atoms with E-state index in [0.717, 1.165) is 23.4 Å². The van der Waals surface area contributed by atoms with Crippen LogP contribution in [0.25, 0.3) is 0 Å². The third-order valence-electron chi connectivity index (χ3n) is 5.09. The van der Waals surface area contributed by atoms with Gasteiger partial charge in [0.1, 0.15) is 18.1 Å². The number of amides is 2. The van der Waals surface area contributed by atoms with E-state index in [2.05, 4.69) is 21.4 Å². The third kappa shape index (κ3) is 5.03. The molecule has 2 aromatic heterocycles. The molecule has 3 aromatic rings. The lowest BCUT2D eigenvalue weighted by atomic mass is 10.00. The monoisotopic (exact) mass is 420 g/mol. The van der Waals surface area contributed by atoms with Gasteiger partial charge in [0.25, 0.3) is 0 Å². The van der Waals surface area contributed by atoms with Crippen molar-refractivity contribution >= 4 is 11.7 Å². The Hall–Kier alpha value is -3.81. The second-order valence-electron chi connectivity index (χ2n) is 7.10. The number of hydrogen-bond donors (Lipinski definition) is 1. The van der Waals surface area contributed by atoms with Crippen LogP contribution in [0, 0.1) is 0 Å². The number of aromatic nitrogens is 2. The molecule has 1 aliphatic heterocycles. The normalized spacial score (nSPS) is 12.6. The highest BCUT2D eigenvalue weighted by Crippen LogP contribution is 2.25. The molecular weight excluding hydrogens is 396 g/mol. The zero-order chi connectivity index (χ0) is 21.6. The van der Waals surface area contributed by atoms with Gasteiger partial charge in [-0.25, -0.2) is 9.78 Å². The van der Waals surface area contributed by atoms with Crippen LogP contribution in [0.3, 0.4) is 0 Å². The predicted octanol–water partition coefficient (Wildman–Crippen LogP) is 3.66. The second-order valence-corrected chi connectivity index (χ2v) is 7.10. The first-order valence-electron chi connectivity index (χ1n) is 9.94. The van der Waals surface area contributed by atoms with Gasteiger partial charge < -0.3 is 24.4 Å². The van der Waals surface area contributed by atoms with Crippen LogP contribution in [0.5, 0.6) is 17.4 Å². The van der Waals surface area contributed by atoms with Crippen molar-refractivity contribution < 1.29 is 19.0 Å². The molecule has 2 amide bonds. The minimum atomic E-state index is -0.161. The van der Waals surface area contributed by atoms with Gasteiger partial charge in [-0.1, -0.05) is 6.07 Å². The number of carbonyl (C=O) groups is 1. The molecule has 8 heteroatoms. The molecule has 1 aliphatic rings. The van der Waals surface area contributed by atoms with Crippen LogP contribution >= 0.6 is 0 Å². The Bertz CT molecular complexity index is 1040. The van der Waals surface area contributed by atoms with Gasteiger partial charge in [0.2, 0.25) is 5.88 Å². The molecule has 8 nitrogen and oxygen atoms in total. The molecule has 1 N–H and O–H groups in total. The highest BCUT2D eigenvalue weighted by molar-refractivity contribution is 5.89. The van der Waals surface area contributed by atoms with Gasteiger partial charge in [-0.2, -0.15) is 0 Å². The van der Waals surface area contributed by atoms with Gasteiger partial charge in [-0.05, 0) is 47.9 Å². The first-order chi connectivity index (χ1) is 15.1. The van der Waals surface area contributed by atoms with Crippen LogP contribution in [-0.2, 0) is 19.6 Å². The minimum absolute atomic E-state index is 0.161. The van der Waals surface area contributed by atoms with Gasteiger partial charge in [-0.3, -0.25) is 4.98 Å². The number of nitrogens with one attached hydrogen (secondary N) is 1. The topological polar surface area (TPSA) is 85.8 Å². The summed E-state index contributed by atoms with van der Waals surface area (Å²) < 4.78 is 16.1. The number of nitrogens with zero attached hydrogens (tertiary/aromatic N) is 3. The van der Waals surface area contributed by atoms with Gasteiger partial charge in [0.05, 0.1) is 38.0 Å². The summed E-state index contributed by atoms with van der Waals surface area (Å²) in [6.07, 6.45) is 4.04. The molecule has 0 radical (unpaired) electrons. The molecule has 0 spiro atoms. The van der Waals surface area contributed by atoms with Crippen LogP contribution in [0.2, 0.25) is 0 Å². The first kappa shape index (κ1) is 20.5. The molecular formula is C23H24N4O4. The quantitative estimate of drug-likeness (QED) is 0.655. The van der Waals surface area contributed by atoms with Gasteiger partial charge in [0, 0.05) is 19.2 Å². The van der Waals surface area contributed by atoms with Crippen molar-refractivity contribution in [2.24, 2.45) is 0 Å². The van der Waals surface area contributed by atoms with Crippen LogP contribution in [0.4, 0.5) is 10.5 Å². The average Bonchev–Trinajstić information content (AvgIpc) is 2.83. The molecule has 4 rings (SSSR count). The van der Waals surface area contributed by atoms with Crippen molar-refractivity contribution in [1.29, 1.82) is 0 Å². The average molecular weight is 420 g/mol. The summed E-state index contributed by atoms with van der Waals surface area (Å²) in [5.41, 5.74) is 3.74. The van der Waals surface area contributed by atoms with E-state index in [9.17, 15) is 4.79 Å². The van der Waals surface area contributed by atoms with Crippen LogP contribution < -0.4 is 19.5 Å². The zero-order valence-corrected chi connectivity index (χ0v) is 17.5. The third-order valence-corrected chi connectivity index (χ3v) is 5.09. The lowest BCUT2D eigenvalue weighted by Gasteiger charge is -2.29. The maximum absolute atomic E-state index is 12.7. The van der Waals surface area contributed by atoms with Crippen molar-refractivity contribution in [3.05, 3.63) is 71.7 Å². The predicted molar refractivity (Wildman–Crippen MR) is 115 cm³/mol. The highest BCUT2D eigenvalue weighted by Gasteiger charge is 2.21. The second kappa shape index (κ2) is 9.34. The summed E-state index contributed by atoms with van der Waals surface area (Å²) >= 11 is 0. The standard InChI is InChI=1S/C23H24N4O4/c1-29-21-7-4-19(24-13-21)15-31-20-6-3-16-9-10-27(14-17(16)11-20)23(28)26-18-5-8-22(30-2)25-12-18/h3-8,11-13H,9-10,14-15H2,1-2H3,(H,26,28). The highest BCUT2D eigenvalue weighted by atomic mass is 16.5. The largest absolute Gasteiger partial charge is 0.495 e. The molecule has 31 heavy (non-hydrogen) atoms. The molecule has 0 bridgehead atoms. The molecule has 1 aromatic carbocycles. The number of rotatable bonds is 6. The van der Waals surface area contributed by atoms with Gasteiger partial charge in [0.15, 0.2) is 0 Å². The van der Waals surface area contributed by atoms with Crippen molar-refractivity contribution in [3.63, 3.8) is 0 Å². The molecule has 0 unspecified atom stereocenters. The number of pyridine rings is 2. The number of carbonyl (C=O) groups excluding carboxylic acids is 1. The number of benzene rings is 1. The Labute approximate surface area is 180 Å². The maximum atomic E-state index is 12.7. The Morgan fingerprint density at radius 2 is 1.87 bits per heavy atom. The van der Waals surface area contributed by atoms with E-state index in [1.54, 1.807) is 43.6 Å². The van der Waals surface area contributed by atoms with E-state index >= 15 is 0 Å². The number of anilines is 1. The zero-order valence-electron chi connectivity index (χ0n) is 17.5. The Morgan fingerprint density at radius 1 is 1.00 bits per heavy atom. The van der Waals surface area contributed by atoms with Crippen LogP contribution in [0.15, 0.2) is 54.9 Å². The molecule has 0 saturated carbocycles. The van der Waals surface area contributed by atoms with E-state index in [1.807, 2.05) is 24.3 Å². The number of methoxy groups -OCH3 is 2. The Kier molecular flexibility index (Phi) is 6.16. The summed E-state index contributed by atoms with van der Waals surface area (Å²) in [4.78, 5) is 22.9. The minimum Gasteiger partial charge on any atom is -0.495 e. The summed E-state index contributed by atoms with van der Waals surface area (Å²) in [6.45, 7) is 1.53. The van der Waals surface area contributed by atoms with E-state index in [0.29, 0.717) is 37.0 Å². The van der Waals surface area contributed by atoms with Gasteiger partial charge >= 0.3 is 6.03 Å². The van der Waals surface area contributed by atoms with Crippen LogP contribution in [0.1, 0.15) is 16.8 Å². The van der Waals surface area contributed by atoms with Crippen molar-refractivity contribution in [2.75, 3.05) is 26.1 Å². The summed E-state index contributed by atoms with van der Waals surface area (Å²) in [5, 5.41) is 2.88. The molecule has 0 atom stereocenters. The Balaban J connectivity index is 1.37. The van der Waals surface area contributed by atoms with E-state index in [1.165, 1.54) is 5.56 Å². The smallest absolute Gasteiger partial charge is 0.322 e. The number of hydrogen-bond acceptors (Lipinski definition) is 6. The maximum Gasteiger partial charge on any atom is 0.322 e. The molecule has 0 aliphatic carbocycles. The SMILES string of the molecule is COc1ccc(COc2ccc3c(c2)CN(C(=O)Nc2ccc(OC)nc2)CC3)nc1. The van der Waals surface area contributed by atoms with E-state index in [4.69, 9.17) is 14.2 Å². The fourth-order valence-electron chi connectivity index (χ4n) is 3.35. The van der Waals surface area contributed by atoms with E-state index in [-0.39, 0.29) is 6.03 Å². The number of fused-ring (bicyclic) bond motifs is 1. The number of ether oxygens (including phenoxy) is 3. The summed E-state index contributed by atoms with van der Waals surface area (Å²) in [7, 11) is 3.16. The van der Waals surface area contributed by atoms with Crippen molar-refractivity contribution in [1.82, 2.24) is 14.9 Å². The first-order valence-corrected chi connectivity index (χ1v) is 9.94. The van der Waals surface area contributed by atoms with E-state index < -0.39 is 0 Å².